The molecule has 2 aliphatic rings. The molecule has 0 saturated carbocycles. The molecule has 4 nitrogen and oxygen atoms in total. The standard InChI is InChI=1S/C52H61N3OS/c1-31-22-34-30-51(15)52(50(12,13)14,42(34)23-32(31)2)57-46(54-51)33-24-37(49(9,10)11)26-39(25-33)56-38-17-18-40-41-27-35(47(3,4)5)16-19-43(41)55(44(40)29-38)45-28-36(20-21-53-45)48(6,7)8/h16-29H,30H2,1-15H3/t51-,52-/m1/s1/i30D2. The Bertz CT molecular complexity index is 2730. The van der Waals surface area contributed by atoms with Gasteiger partial charge < -0.3 is 4.74 Å². The van der Waals surface area contributed by atoms with Gasteiger partial charge in [-0.1, -0.05) is 113 Å². The summed E-state index contributed by atoms with van der Waals surface area (Å²) in [5.41, 5.74) is 9.27. The summed E-state index contributed by atoms with van der Waals surface area (Å²) in [7, 11) is 0. The molecule has 0 N–H and O–H groups in total. The van der Waals surface area contributed by atoms with E-state index in [1.165, 1.54) is 22.1 Å². The van der Waals surface area contributed by atoms with Crippen LogP contribution in [0.25, 0.3) is 27.6 Å². The molecule has 0 unspecified atom stereocenters. The second kappa shape index (κ2) is 12.8. The second-order valence-corrected chi connectivity index (χ2v) is 22.1. The maximum absolute atomic E-state index is 9.73. The molecule has 0 bridgehead atoms. The minimum atomic E-state index is -1.67. The Kier molecular flexibility index (Phi) is 8.31. The highest BCUT2D eigenvalue weighted by Gasteiger charge is 2.65. The number of hydrogen-bond donors (Lipinski definition) is 0. The summed E-state index contributed by atoms with van der Waals surface area (Å²) in [6, 6.07) is 28.4. The van der Waals surface area contributed by atoms with Crippen LogP contribution >= 0.6 is 11.8 Å². The van der Waals surface area contributed by atoms with Crippen molar-refractivity contribution in [3.8, 4) is 17.3 Å². The lowest BCUT2D eigenvalue weighted by Gasteiger charge is -2.46. The molecule has 6 aromatic rings. The van der Waals surface area contributed by atoms with Gasteiger partial charge in [0.05, 0.1) is 26.4 Å². The van der Waals surface area contributed by atoms with Crippen LogP contribution in [0.5, 0.6) is 11.5 Å². The fourth-order valence-electron chi connectivity index (χ4n) is 9.00. The normalized spacial score (nSPS) is 21.4. The summed E-state index contributed by atoms with van der Waals surface area (Å²) >= 11 is 1.73. The van der Waals surface area contributed by atoms with Gasteiger partial charge in [0.15, 0.2) is 0 Å². The highest BCUT2D eigenvalue weighted by molar-refractivity contribution is 8.15. The molecule has 0 fully saturated rings. The zero-order valence-electron chi connectivity index (χ0n) is 38.7. The van der Waals surface area contributed by atoms with Crippen molar-refractivity contribution < 1.29 is 7.48 Å². The smallest absolute Gasteiger partial charge is 0.137 e. The highest BCUT2D eigenvalue weighted by Crippen LogP contribution is 2.67. The van der Waals surface area contributed by atoms with Gasteiger partial charge >= 0.3 is 0 Å². The van der Waals surface area contributed by atoms with Gasteiger partial charge in [-0.25, -0.2) is 4.98 Å². The predicted molar refractivity (Wildman–Crippen MR) is 244 cm³/mol. The van der Waals surface area contributed by atoms with Crippen molar-refractivity contribution >= 4 is 38.6 Å². The number of aromatic nitrogens is 2. The van der Waals surface area contributed by atoms with E-state index < -0.39 is 16.7 Å². The molecule has 8 rings (SSSR count). The maximum Gasteiger partial charge on any atom is 0.137 e. The Morgan fingerprint density at radius 1 is 0.667 bits per heavy atom. The van der Waals surface area contributed by atoms with Crippen LogP contribution in [0.4, 0.5) is 0 Å². The third-order valence-corrected chi connectivity index (χ3v) is 14.5. The number of rotatable bonds is 4. The van der Waals surface area contributed by atoms with Crippen molar-refractivity contribution in [2.75, 3.05) is 0 Å². The second-order valence-electron chi connectivity index (χ2n) is 20.9. The fourth-order valence-corrected chi connectivity index (χ4v) is 10.6. The number of hydrogen-bond acceptors (Lipinski definition) is 4. The molecule has 3 heterocycles. The van der Waals surface area contributed by atoms with Gasteiger partial charge in [0.25, 0.3) is 0 Å². The van der Waals surface area contributed by atoms with Crippen LogP contribution in [-0.4, -0.2) is 20.1 Å². The minimum Gasteiger partial charge on any atom is -0.457 e. The minimum absolute atomic E-state index is 0.000534. The van der Waals surface area contributed by atoms with Crippen LogP contribution in [0.15, 0.2) is 90.1 Å². The van der Waals surface area contributed by atoms with Crippen LogP contribution in [0.1, 0.15) is 137 Å². The third kappa shape index (κ3) is 6.44. The Balaban J connectivity index is 1.28. The zero-order valence-corrected chi connectivity index (χ0v) is 37.6. The first-order valence-corrected chi connectivity index (χ1v) is 21.3. The molecule has 1 aliphatic carbocycles. The van der Waals surface area contributed by atoms with Crippen molar-refractivity contribution in [1.82, 2.24) is 9.55 Å². The van der Waals surface area contributed by atoms with Gasteiger partial charge in [-0.3, -0.25) is 9.56 Å². The highest BCUT2D eigenvalue weighted by atomic mass is 32.2. The summed E-state index contributed by atoms with van der Waals surface area (Å²) in [5, 5.41) is 3.18. The number of aliphatic imine (C=N–C) groups is 1. The monoisotopic (exact) mass is 777 g/mol. The van der Waals surface area contributed by atoms with Gasteiger partial charge in [-0.15, -0.1) is 0 Å². The van der Waals surface area contributed by atoms with Gasteiger partial charge in [0.1, 0.15) is 17.3 Å². The molecule has 1 aliphatic heterocycles. The average Bonchev–Trinajstić information content (AvgIpc) is 3.68. The number of nitrogens with zero attached hydrogens (tertiary/aromatic N) is 3. The van der Waals surface area contributed by atoms with Crippen molar-refractivity contribution in [1.29, 1.82) is 0 Å². The first-order valence-electron chi connectivity index (χ1n) is 21.5. The molecule has 4 aromatic carbocycles. The number of aryl methyl sites for hydroxylation is 2. The molecule has 296 valence electrons. The number of fused-ring (bicyclic) bond motifs is 6. The predicted octanol–water partition coefficient (Wildman–Crippen LogP) is 14.2. The molecule has 0 saturated heterocycles. The Morgan fingerprint density at radius 2 is 1.33 bits per heavy atom. The topological polar surface area (TPSA) is 39.4 Å². The Labute approximate surface area is 348 Å². The lowest BCUT2D eigenvalue weighted by molar-refractivity contribution is 0.203. The lowest BCUT2D eigenvalue weighted by atomic mass is 9.68. The quantitative estimate of drug-likeness (QED) is 0.179. The van der Waals surface area contributed by atoms with Crippen LogP contribution in [-0.2, 0) is 27.4 Å². The van der Waals surface area contributed by atoms with E-state index in [0.29, 0.717) is 0 Å². The van der Waals surface area contributed by atoms with E-state index in [2.05, 4.69) is 180 Å². The molecule has 2 aromatic heterocycles. The molecule has 0 amide bonds. The maximum atomic E-state index is 9.73. The fraction of sp³-hybridized carbons (Fsp3) is 0.423. The average molecular weight is 778 g/mol. The summed E-state index contributed by atoms with van der Waals surface area (Å²) in [5.74, 6) is 2.33. The van der Waals surface area contributed by atoms with Gasteiger partial charge in [-0.2, -0.15) is 0 Å². The van der Waals surface area contributed by atoms with Gasteiger partial charge in [0.2, 0.25) is 0 Å². The van der Waals surface area contributed by atoms with Crippen molar-refractivity contribution in [3.05, 3.63) is 130 Å². The molecule has 0 radical (unpaired) electrons. The lowest BCUT2D eigenvalue weighted by Crippen LogP contribution is -2.49. The first-order chi connectivity index (χ1) is 27.2. The summed E-state index contributed by atoms with van der Waals surface area (Å²) in [4.78, 5) is 10.4. The number of ether oxygens (including phenoxy) is 1. The van der Waals surface area contributed by atoms with Crippen LogP contribution in [0.3, 0.4) is 0 Å². The van der Waals surface area contributed by atoms with Crippen molar-refractivity contribution in [3.63, 3.8) is 0 Å². The van der Waals surface area contributed by atoms with Crippen molar-refractivity contribution in [2.45, 2.75) is 137 Å². The summed E-state index contributed by atoms with van der Waals surface area (Å²) in [6.07, 6.45) is 0.248. The van der Waals surface area contributed by atoms with E-state index in [0.717, 1.165) is 66.6 Å². The molecule has 57 heavy (non-hydrogen) atoms. The summed E-state index contributed by atoms with van der Waals surface area (Å²) < 4.78 is 28.0. The SMILES string of the molecule is [2H]C1([2H])c2cc(C)c(C)cc2[C@]2(C(C)(C)C)SC(c3cc(Oc4ccc5c6cc(C(C)(C)C)ccc6n(-c6cc(C(C)(C)C)ccn6)c5c4)cc(C(C)(C)C)c3)=N[C@]12C. The van der Waals surface area contributed by atoms with Gasteiger partial charge in [-0.05, 0) is 142 Å². The van der Waals surface area contributed by atoms with E-state index in [1.54, 1.807) is 11.8 Å². The van der Waals surface area contributed by atoms with Crippen LogP contribution in [0.2, 0.25) is 0 Å². The van der Waals surface area contributed by atoms with Crippen LogP contribution in [0, 0.1) is 19.3 Å². The Hall–Kier alpha value is -4.35. The van der Waals surface area contributed by atoms with Crippen molar-refractivity contribution in [2.24, 2.45) is 10.4 Å². The molecule has 5 heteroatoms. The third-order valence-electron chi connectivity index (χ3n) is 12.4. The largest absolute Gasteiger partial charge is 0.457 e. The van der Waals surface area contributed by atoms with E-state index in [4.69, 9.17) is 14.7 Å². The summed E-state index contributed by atoms with van der Waals surface area (Å²) in [6.45, 7) is 33.1. The number of thioether (sulfide) groups is 1. The van der Waals surface area contributed by atoms with Gasteiger partial charge in [0, 0.05) is 31.3 Å². The first kappa shape index (κ1) is 37.0. The zero-order chi connectivity index (χ0) is 43.0. The van der Waals surface area contributed by atoms with E-state index >= 15 is 0 Å². The van der Waals surface area contributed by atoms with Crippen LogP contribution < -0.4 is 4.74 Å². The molecule has 0 spiro atoms. The molecular formula is C52H61N3OS. The molecular weight excluding hydrogens is 715 g/mol. The van der Waals surface area contributed by atoms with E-state index in [9.17, 15) is 2.74 Å². The number of benzene rings is 4. The number of pyridine rings is 1. The van der Waals surface area contributed by atoms with E-state index in [-0.39, 0.29) is 21.7 Å². The molecule has 2 atom stereocenters. The van der Waals surface area contributed by atoms with E-state index in [1.807, 2.05) is 13.1 Å². The Morgan fingerprint density at radius 3 is 2.00 bits per heavy atom.